The summed E-state index contributed by atoms with van der Waals surface area (Å²) in [6.07, 6.45) is 0.341. The number of carbonyl (C=O) groups is 2. The number of carboxylic acid groups (broad SMARTS) is 1. The van der Waals surface area contributed by atoms with Crippen molar-refractivity contribution < 1.29 is 19.4 Å². The fraction of sp³-hybridized carbons (Fsp3) is 0.778. The molecule has 0 bridgehead atoms. The van der Waals surface area contributed by atoms with Gasteiger partial charge in [-0.1, -0.05) is 0 Å². The van der Waals surface area contributed by atoms with Crippen LogP contribution in [-0.4, -0.2) is 61.3 Å². The van der Waals surface area contributed by atoms with Crippen molar-refractivity contribution in [2.24, 2.45) is 0 Å². The van der Waals surface area contributed by atoms with Gasteiger partial charge in [-0.2, -0.15) is 0 Å². The van der Waals surface area contributed by atoms with Crippen LogP contribution in [0.1, 0.15) is 6.42 Å². The molecule has 0 aliphatic carbocycles. The molecule has 15 heavy (non-hydrogen) atoms. The van der Waals surface area contributed by atoms with Crippen LogP contribution in [0.5, 0.6) is 0 Å². The molecule has 1 heterocycles. The third-order valence-electron chi connectivity index (χ3n) is 2.16. The van der Waals surface area contributed by atoms with Gasteiger partial charge >= 0.3 is 5.97 Å². The summed E-state index contributed by atoms with van der Waals surface area (Å²) in [5.74, 6) is -0.856. The number of carboxylic acids is 1. The molecule has 0 atom stereocenters. The number of morpholine rings is 1. The van der Waals surface area contributed by atoms with Crippen molar-refractivity contribution in [2.45, 2.75) is 6.42 Å². The maximum absolute atomic E-state index is 11.5. The Labute approximate surface area is 88.2 Å². The number of ether oxygens (including phenoxy) is 1. The molecular formula is C9H16N2O4. The van der Waals surface area contributed by atoms with Crippen LogP contribution in [0.25, 0.3) is 0 Å². The quantitative estimate of drug-likeness (QED) is 0.571. The van der Waals surface area contributed by atoms with Gasteiger partial charge in [0.1, 0.15) is 0 Å². The molecule has 1 fully saturated rings. The highest BCUT2D eigenvalue weighted by Crippen LogP contribution is 1.99. The number of hydrogen-bond donors (Lipinski definition) is 2. The average Bonchev–Trinajstić information content (AvgIpc) is 2.25. The summed E-state index contributed by atoms with van der Waals surface area (Å²) in [6, 6.07) is 0. The van der Waals surface area contributed by atoms with Crippen molar-refractivity contribution in [3.8, 4) is 0 Å². The summed E-state index contributed by atoms with van der Waals surface area (Å²) in [5.41, 5.74) is 0. The summed E-state index contributed by atoms with van der Waals surface area (Å²) in [4.78, 5) is 23.4. The molecular weight excluding hydrogens is 200 g/mol. The second kappa shape index (κ2) is 6.36. The summed E-state index contributed by atoms with van der Waals surface area (Å²) in [5, 5.41) is 11.0. The molecule has 0 unspecified atom stereocenters. The zero-order chi connectivity index (χ0) is 11.1. The molecule has 6 nitrogen and oxygen atoms in total. The van der Waals surface area contributed by atoms with E-state index >= 15 is 0 Å². The largest absolute Gasteiger partial charge is 0.480 e. The first kappa shape index (κ1) is 11.9. The average molecular weight is 216 g/mol. The van der Waals surface area contributed by atoms with Crippen molar-refractivity contribution in [3.05, 3.63) is 0 Å². The topological polar surface area (TPSA) is 78.9 Å². The molecule has 1 saturated heterocycles. The van der Waals surface area contributed by atoms with E-state index in [4.69, 9.17) is 9.84 Å². The Balaban J connectivity index is 2.09. The fourth-order valence-electron chi connectivity index (χ4n) is 1.36. The van der Waals surface area contributed by atoms with E-state index < -0.39 is 5.97 Å². The van der Waals surface area contributed by atoms with Gasteiger partial charge in [0.25, 0.3) is 0 Å². The second-order valence-electron chi connectivity index (χ2n) is 3.31. The van der Waals surface area contributed by atoms with E-state index in [9.17, 15) is 9.59 Å². The third-order valence-corrected chi connectivity index (χ3v) is 2.16. The molecule has 0 saturated carbocycles. The Morgan fingerprint density at radius 3 is 2.60 bits per heavy atom. The molecule has 1 amide bonds. The summed E-state index contributed by atoms with van der Waals surface area (Å²) in [6.45, 7) is 2.76. The zero-order valence-electron chi connectivity index (χ0n) is 8.57. The third kappa shape index (κ3) is 4.75. The summed E-state index contributed by atoms with van der Waals surface area (Å²) < 4.78 is 5.12. The maximum Gasteiger partial charge on any atom is 0.317 e. The normalized spacial score (nSPS) is 16.4. The van der Waals surface area contributed by atoms with Crippen LogP contribution in [0.15, 0.2) is 0 Å². The molecule has 0 aromatic heterocycles. The molecule has 2 N–H and O–H groups in total. The lowest BCUT2D eigenvalue weighted by molar-refractivity contribution is -0.137. The van der Waals surface area contributed by atoms with Gasteiger partial charge in [-0.25, -0.2) is 0 Å². The lowest BCUT2D eigenvalue weighted by Gasteiger charge is -2.26. The van der Waals surface area contributed by atoms with Gasteiger partial charge in [0.05, 0.1) is 19.8 Å². The van der Waals surface area contributed by atoms with E-state index in [0.29, 0.717) is 39.3 Å². The van der Waals surface area contributed by atoms with Crippen LogP contribution < -0.4 is 5.32 Å². The number of amides is 1. The first-order valence-electron chi connectivity index (χ1n) is 4.98. The fourth-order valence-corrected chi connectivity index (χ4v) is 1.36. The Morgan fingerprint density at radius 1 is 1.33 bits per heavy atom. The number of rotatable bonds is 5. The van der Waals surface area contributed by atoms with Crippen LogP contribution in [0.4, 0.5) is 0 Å². The highest BCUT2D eigenvalue weighted by molar-refractivity contribution is 5.76. The van der Waals surface area contributed by atoms with Gasteiger partial charge in [-0.15, -0.1) is 0 Å². The predicted molar refractivity (Wildman–Crippen MR) is 52.5 cm³/mol. The zero-order valence-corrected chi connectivity index (χ0v) is 8.57. The molecule has 1 aliphatic rings. The predicted octanol–water partition coefficient (Wildman–Crippen LogP) is -1.09. The van der Waals surface area contributed by atoms with E-state index in [1.54, 1.807) is 4.90 Å². The Bertz CT molecular complexity index is 226. The maximum atomic E-state index is 11.5. The molecule has 1 aliphatic heterocycles. The van der Waals surface area contributed by atoms with Crippen molar-refractivity contribution in [3.63, 3.8) is 0 Å². The van der Waals surface area contributed by atoms with E-state index in [0.717, 1.165) is 0 Å². The minimum Gasteiger partial charge on any atom is -0.480 e. The molecule has 1 rings (SSSR count). The number of nitrogens with one attached hydrogen (secondary N) is 1. The molecule has 0 spiro atoms. The lowest BCUT2D eigenvalue weighted by Crippen LogP contribution is -2.41. The molecule has 6 heteroatoms. The van der Waals surface area contributed by atoms with Gasteiger partial charge in [0, 0.05) is 26.1 Å². The lowest BCUT2D eigenvalue weighted by atomic mass is 10.3. The number of hydrogen-bond acceptors (Lipinski definition) is 4. The highest BCUT2D eigenvalue weighted by atomic mass is 16.5. The summed E-state index contributed by atoms with van der Waals surface area (Å²) >= 11 is 0. The van der Waals surface area contributed by atoms with Crippen molar-refractivity contribution in [2.75, 3.05) is 39.4 Å². The molecule has 0 aromatic carbocycles. The van der Waals surface area contributed by atoms with Crippen LogP contribution in [0.2, 0.25) is 0 Å². The second-order valence-corrected chi connectivity index (χ2v) is 3.31. The van der Waals surface area contributed by atoms with Crippen molar-refractivity contribution in [1.29, 1.82) is 0 Å². The summed E-state index contributed by atoms with van der Waals surface area (Å²) in [7, 11) is 0. The van der Waals surface area contributed by atoms with Crippen LogP contribution in [0.3, 0.4) is 0 Å². The van der Waals surface area contributed by atoms with Crippen molar-refractivity contribution >= 4 is 11.9 Å². The minimum absolute atomic E-state index is 0.0520. The van der Waals surface area contributed by atoms with Crippen LogP contribution in [0, 0.1) is 0 Å². The van der Waals surface area contributed by atoms with E-state index in [1.807, 2.05) is 0 Å². The Morgan fingerprint density at radius 2 is 2.00 bits per heavy atom. The van der Waals surface area contributed by atoms with E-state index in [-0.39, 0.29) is 12.5 Å². The first-order chi connectivity index (χ1) is 7.20. The number of nitrogens with zero attached hydrogens (tertiary/aromatic N) is 1. The van der Waals surface area contributed by atoms with Gasteiger partial charge in [0.2, 0.25) is 5.91 Å². The van der Waals surface area contributed by atoms with Gasteiger partial charge in [0.15, 0.2) is 0 Å². The van der Waals surface area contributed by atoms with E-state index in [1.165, 1.54) is 0 Å². The highest BCUT2D eigenvalue weighted by Gasteiger charge is 2.15. The molecule has 86 valence electrons. The minimum atomic E-state index is -0.908. The molecule has 0 radical (unpaired) electrons. The smallest absolute Gasteiger partial charge is 0.317 e. The van der Waals surface area contributed by atoms with E-state index in [2.05, 4.69) is 5.32 Å². The Kier molecular flexibility index (Phi) is 5.06. The first-order valence-corrected chi connectivity index (χ1v) is 4.98. The van der Waals surface area contributed by atoms with Gasteiger partial charge in [-0.3, -0.25) is 9.59 Å². The molecule has 0 aromatic rings. The standard InChI is InChI=1S/C9H16N2O4/c12-8(1-2-10-7-9(13)14)11-3-5-15-6-4-11/h10H,1-7H2,(H,13,14). The van der Waals surface area contributed by atoms with Crippen LogP contribution in [-0.2, 0) is 14.3 Å². The Hall–Kier alpha value is -1.14. The van der Waals surface area contributed by atoms with Gasteiger partial charge in [-0.05, 0) is 0 Å². The monoisotopic (exact) mass is 216 g/mol. The van der Waals surface area contributed by atoms with Gasteiger partial charge < -0.3 is 20.1 Å². The van der Waals surface area contributed by atoms with Crippen molar-refractivity contribution in [1.82, 2.24) is 10.2 Å². The number of carbonyl (C=O) groups excluding carboxylic acids is 1. The SMILES string of the molecule is O=C(O)CNCCC(=O)N1CCOCC1. The number of aliphatic carboxylic acids is 1. The van der Waals surface area contributed by atoms with Crippen LogP contribution >= 0.6 is 0 Å².